The summed E-state index contributed by atoms with van der Waals surface area (Å²) in [7, 11) is 3.00. The molecule has 0 saturated carbocycles. The molecule has 9 nitrogen and oxygen atoms in total. The van der Waals surface area contributed by atoms with Gasteiger partial charge >= 0.3 is 6.03 Å². The number of anilines is 2. The van der Waals surface area contributed by atoms with Crippen LogP contribution in [0.3, 0.4) is 0 Å². The van der Waals surface area contributed by atoms with Gasteiger partial charge in [0.05, 0.1) is 19.8 Å². The van der Waals surface area contributed by atoms with E-state index in [9.17, 15) is 23.9 Å². The fraction of sp³-hybridized carbons (Fsp3) is 0.182. The molecule has 4 aromatic rings. The minimum absolute atomic E-state index is 0.123. The molecule has 0 heterocycles. The highest BCUT2D eigenvalue weighted by Gasteiger charge is 2.23. The van der Waals surface area contributed by atoms with Crippen molar-refractivity contribution in [3.8, 4) is 17.2 Å². The molecule has 3 amide bonds. The van der Waals surface area contributed by atoms with Gasteiger partial charge in [-0.2, -0.15) is 0 Å². The van der Waals surface area contributed by atoms with E-state index in [4.69, 9.17) is 9.47 Å². The largest absolute Gasteiger partial charge is 0.507 e. The number of methoxy groups -OCH3 is 2. The number of amides is 3. The summed E-state index contributed by atoms with van der Waals surface area (Å²) in [6, 6.07) is 21.7. The van der Waals surface area contributed by atoms with E-state index in [2.05, 4.69) is 16.0 Å². The first-order valence-electron chi connectivity index (χ1n) is 13.5. The zero-order valence-electron chi connectivity index (χ0n) is 23.9. The number of para-hydroxylation sites is 1. The van der Waals surface area contributed by atoms with Gasteiger partial charge in [-0.25, -0.2) is 9.18 Å². The number of rotatable bonds is 11. The van der Waals surface area contributed by atoms with Gasteiger partial charge in [0.25, 0.3) is 5.91 Å². The molecule has 43 heavy (non-hydrogen) atoms. The molecule has 0 aliphatic rings. The predicted molar refractivity (Wildman–Crippen MR) is 162 cm³/mol. The Hall–Kier alpha value is -5.38. The van der Waals surface area contributed by atoms with Crippen molar-refractivity contribution in [1.82, 2.24) is 5.32 Å². The second kappa shape index (κ2) is 14.0. The van der Waals surface area contributed by atoms with E-state index in [0.29, 0.717) is 40.4 Å². The number of urea groups is 1. The molecule has 0 aliphatic carbocycles. The molecule has 0 radical (unpaired) electrons. The van der Waals surface area contributed by atoms with Gasteiger partial charge in [-0.05, 0) is 85.1 Å². The third kappa shape index (κ3) is 7.68. The van der Waals surface area contributed by atoms with Crippen LogP contribution in [0.5, 0.6) is 17.2 Å². The van der Waals surface area contributed by atoms with E-state index in [-0.39, 0.29) is 29.6 Å². The number of aromatic hydroxyl groups is 1. The number of Topliss-reactive ketones (excluding diaryl/α,β-unsaturated/α-hetero) is 1. The van der Waals surface area contributed by atoms with Gasteiger partial charge < -0.3 is 30.5 Å². The Labute approximate surface area is 248 Å². The first-order valence-corrected chi connectivity index (χ1v) is 13.5. The number of phenols is 1. The topological polar surface area (TPSA) is 126 Å². The summed E-state index contributed by atoms with van der Waals surface area (Å²) in [5.41, 5.74) is 3.04. The zero-order chi connectivity index (χ0) is 30.9. The minimum Gasteiger partial charge on any atom is -0.507 e. The second-order valence-electron chi connectivity index (χ2n) is 9.67. The van der Waals surface area contributed by atoms with Gasteiger partial charge in [0.2, 0.25) is 0 Å². The van der Waals surface area contributed by atoms with E-state index in [1.165, 1.54) is 57.5 Å². The van der Waals surface area contributed by atoms with Gasteiger partial charge in [-0.1, -0.05) is 24.3 Å². The summed E-state index contributed by atoms with van der Waals surface area (Å²) < 4.78 is 24.1. The second-order valence-corrected chi connectivity index (χ2v) is 9.67. The third-order valence-corrected chi connectivity index (χ3v) is 6.85. The van der Waals surface area contributed by atoms with Crippen LogP contribution >= 0.6 is 0 Å². The molecule has 4 N–H and O–H groups in total. The molecule has 4 rings (SSSR count). The molecular formula is C33H32FN3O6. The molecule has 0 bridgehead atoms. The average Bonchev–Trinajstić information content (AvgIpc) is 3.00. The molecule has 0 fully saturated rings. The lowest BCUT2D eigenvalue weighted by Gasteiger charge is -2.23. The first kappa shape index (κ1) is 30.6. The number of halogens is 1. The smallest absolute Gasteiger partial charge is 0.323 e. The molecule has 0 aromatic heterocycles. The summed E-state index contributed by atoms with van der Waals surface area (Å²) in [5, 5.41) is 18.3. The maximum absolute atomic E-state index is 13.2. The number of carbonyl (C=O) groups excluding carboxylic acids is 3. The lowest BCUT2D eigenvalue weighted by molar-refractivity contribution is 0.0948. The van der Waals surface area contributed by atoms with Crippen LogP contribution in [0.1, 0.15) is 51.1 Å². The number of hydrogen-bond donors (Lipinski definition) is 4. The van der Waals surface area contributed by atoms with Crippen molar-refractivity contribution >= 4 is 29.1 Å². The Morgan fingerprint density at radius 3 is 1.98 bits per heavy atom. The lowest BCUT2D eigenvalue weighted by Crippen LogP contribution is -2.26. The van der Waals surface area contributed by atoms with Crippen LogP contribution in [0.15, 0.2) is 84.9 Å². The van der Waals surface area contributed by atoms with Gasteiger partial charge in [-0.3, -0.25) is 9.59 Å². The van der Waals surface area contributed by atoms with Crippen LogP contribution in [0, 0.1) is 5.82 Å². The number of phenolic OH excluding ortho intramolecular Hbond substituents is 1. The SMILES string of the molecule is COc1cc(C(C)=O)c(C(CCNC(=O)c2ccccc2O)c2ccc(NC(=O)Nc3ccc(F)cc3)cc2)cc1OC. The third-order valence-electron chi connectivity index (χ3n) is 6.85. The van der Waals surface area contributed by atoms with Crippen molar-refractivity contribution in [2.45, 2.75) is 19.3 Å². The lowest BCUT2D eigenvalue weighted by atomic mass is 9.84. The number of benzene rings is 4. The van der Waals surface area contributed by atoms with E-state index >= 15 is 0 Å². The van der Waals surface area contributed by atoms with Crippen molar-refractivity contribution < 1.29 is 33.4 Å². The van der Waals surface area contributed by atoms with E-state index in [0.717, 1.165) is 5.56 Å². The molecule has 4 aromatic carbocycles. The average molecular weight is 586 g/mol. The number of hydrogen-bond acceptors (Lipinski definition) is 6. The number of carbonyl (C=O) groups is 3. The number of ketones is 1. The first-order chi connectivity index (χ1) is 20.7. The van der Waals surface area contributed by atoms with Gasteiger partial charge in [0.15, 0.2) is 17.3 Å². The molecule has 222 valence electrons. The van der Waals surface area contributed by atoms with Crippen LogP contribution in [0.4, 0.5) is 20.6 Å². The normalized spacial score (nSPS) is 11.3. The summed E-state index contributed by atoms with van der Waals surface area (Å²) in [4.78, 5) is 38.0. The van der Waals surface area contributed by atoms with Gasteiger partial charge in [0, 0.05) is 29.4 Å². The highest BCUT2D eigenvalue weighted by Crippen LogP contribution is 2.38. The van der Waals surface area contributed by atoms with Gasteiger partial charge in [0.1, 0.15) is 11.6 Å². The van der Waals surface area contributed by atoms with Crippen molar-refractivity contribution in [2.24, 2.45) is 0 Å². The molecule has 1 unspecified atom stereocenters. The molecule has 10 heteroatoms. The Morgan fingerprint density at radius 1 is 0.814 bits per heavy atom. The minimum atomic E-state index is -0.499. The molecule has 0 saturated heterocycles. The molecule has 0 aliphatic heterocycles. The van der Waals surface area contributed by atoms with Crippen molar-refractivity contribution in [3.63, 3.8) is 0 Å². The molecule has 0 spiro atoms. The standard InChI is InChI=1S/C33H32FN3O6/c1-20(38)27-18-30(42-2)31(43-3)19-28(27)25(16-17-35-32(40)26-6-4-5-7-29(26)39)21-8-12-23(13-9-21)36-33(41)37-24-14-10-22(34)11-15-24/h4-15,18-19,25,39H,16-17H2,1-3H3,(H,35,40)(H2,36,37,41). The highest BCUT2D eigenvalue weighted by molar-refractivity contribution is 6.00. The Kier molecular flexibility index (Phi) is 9.95. The quantitative estimate of drug-likeness (QED) is 0.152. The monoisotopic (exact) mass is 585 g/mol. The molecular weight excluding hydrogens is 553 g/mol. The summed E-state index contributed by atoms with van der Waals surface area (Å²) in [5.74, 6) is -0.641. The van der Waals surface area contributed by atoms with E-state index in [1.807, 2.05) is 12.1 Å². The van der Waals surface area contributed by atoms with Gasteiger partial charge in [-0.15, -0.1) is 0 Å². The fourth-order valence-corrected chi connectivity index (χ4v) is 4.71. The van der Waals surface area contributed by atoms with E-state index < -0.39 is 17.8 Å². The van der Waals surface area contributed by atoms with Crippen molar-refractivity contribution in [3.05, 3.63) is 113 Å². The molecule has 1 atom stereocenters. The summed E-state index contributed by atoms with van der Waals surface area (Å²) >= 11 is 0. The van der Waals surface area contributed by atoms with E-state index in [1.54, 1.807) is 36.4 Å². The van der Waals surface area contributed by atoms with Crippen LogP contribution in [-0.2, 0) is 0 Å². The maximum atomic E-state index is 13.2. The van der Waals surface area contributed by atoms with Crippen molar-refractivity contribution in [2.75, 3.05) is 31.4 Å². The predicted octanol–water partition coefficient (Wildman–Crippen LogP) is 6.35. The Bertz CT molecular complexity index is 1610. The fourth-order valence-electron chi connectivity index (χ4n) is 4.71. The highest BCUT2D eigenvalue weighted by atomic mass is 19.1. The number of ether oxygens (including phenoxy) is 2. The number of nitrogens with one attached hydrogen (secondary N) is 3. The van der Waals surface area contributed by atoms with Crippen LogP contribution < -0.4 is 25.4 Å². The zero-order valence-corrected chi connectivity index (χ0v) is 23.9. The van der Waals surface area contributed by atoms with Crippen LogP contribution in [0.2, 0.25) is 0 Å². The summed E-state index contributed by atoms with van der Waals surface area (Å²) in [6.07, 6.45) is 0.396. The van der Waals surface area contributed by atoms with Crippen LogP contribution in [0.25, 0.3) is 0 Å². The Balaban J connectivity index is 1.60. The van der Waals surface area contributed by atoms with Crippen LogP contribution in [-0.4, -0.2) is 43.6 Å². The maximum Gasteiger partial charge on any atom is 0.323 e. The Morgan fingerprint density at radius 2 is 1.40 bits per heavy atom. The summed E-state index contributed by atoms with van der Waals surface area (Å²) in [6.45, 7) is 1.69. The van der Waals surface area contributed by atoms with Crippen molar-refractivity contribution in [1.29, 1.82) is 0 Å².